The molecule has 6 heteroatoms. The molecule has 146 valence electrons. The van der Waals surface area contributed by atoms with Gasteiger partial charge < -0.3 is 10.2 Å². The van der Waals surface area contributed by atoms with E-state index in [0.717, 1.165) is 37.9 Å². The molecule has 0 bridgehead atoms. The molecule has 1 saturated heterocycles. The first-order valence-corrected chi connectivity index (χ1v) is 10.0. The average molecular weight is 378 g/mol. The van der Waals surface area contributed by atoms with Crippen LogP contribution >= 0.6 is 0 Å². The number of aromatic nitrogens is 1. The number of piperazine rings is 1. The largest absolute Gasteiger partial charge is 0.369 e. The van der Waals surface area contributed by atoms with Crippen LogP contribution in [0.1, 0.15) is 36.0 Å². The van der Waals surface area contributed by atoms with E-state index in [2.05, 4.69) is 32.2 Å². The lowest BCUT2D eigenvalue weighted by molar-refractivity contribution is -0.116. The second-order valence-electron chi connectivity index (χ2n) is 7.51. The summed E-state index contributed by atoms with van der Waals surface area (Å²) in [6.45, 7) is 4.37. The molecule has 6 nitrogen and oxygen atoms in total. The van der Waals surface area contributed by atoms with E-state index in [1.807, 2.05) is 12.1 Å². The van der Waals surface area contributed by atoms with E-state index in [4.69, 9.17) is 0 Å². The van der Waals surface area contributed by atoms with Crippen LogP contribution in [0.3, 0.4) is 0 Å². The number of pyridine rings is 1. The lowest BCUT2D eigenvalue weighted by Crippen LogP contribution is -2.47. The van der Waals surface area contributed by atoms with Gasteiger partial charge in [0.1, 0.15) is 0 Å². The predicted octanol–water partition coefficient (Wildman–Crippen LogP) is 2.97. The third kappa shape index (κ3) is 4.75. The molecular weight excluding hydrogens is 352 g/mol. The summed E-state index contributed by atoms with van der Waals surface area (Å²) >= 11 is 0. The summed E-state index contributed by atoms with van der Waals surface area (Å²) in [6, 6.07) is 12.3. The maximum Gasteiger partial charge on any atom is 0.224 e. The molecule has 0 unspecified atom stereocenters. The Kier molecular flexibility index (Phi) is 5.67. The van der Waals surface area contributed by atoms with Crippen LogP contribution in [0.4, 0.5) is 11.4 Å². The highest BCUT2D eigenvalue weighted by Gasteiger charge is 2.31. The van der Waals surface area contributed by atoms with Crippen LogP contribution in [0.2, 0.25) is 0 Å². The molecule has 1 aliphatic heterocycles. The molecule has 0 spiro atoms. The first-order chi connectivity index (χ1) is 13.7. The zero-order valence-electron chi connectivity index (χ0n) is 16.0. The number of ketones is 1. The van der Waals surface area contributed by atoms with Gasteiger partial charge in [-0.15, -0.1) is 0 Å². The predicted molar refractivity (Wildman–Crippen MR) is 110 cm³/mol. The van der Waals surface area contributed by atoms with Crippen molar-refractivity contribution in [3.8, 4) is 0 Å². The number of rotatable bonds is 7. The summed E-state index contributed by atoms with van der Waals surface area (Å²) in [7, 11) is 0. The fourth-order valence-electron chi connectivity index (χ4n) is 3.66. The highest BCUT2D eigenvalue weighted by Crippen LogP contribution is 2.28. The maximum absolute atomic E-state index is 12.1. The van der Waals surface area contributed by atoms with Gasteiger partial charge in [-0.1, -0.05) is 0 Å². The van der Waals surface area contributed by atoms with Gasteiger partial charge in [0.15, 0.2) is 5.78 Å². The van der Waals surface area contributed by atoms with E-state index in [1.54, 1.807) is 18.3 Å². The third-order valence-electron chi connectivity index (χ3n) is 5.46. The molecule has 2 fully saturated rings. The summed E-state index contributed by atoms with van der Waals surface area (Å²) in [5, 5.41) is 2.88. The van der Waals surface area contributed by atoms with E-state index in [9.17, 15) is 9.59 Å². The number of Topliss-reactive ketones (excluding diaryl/α,β-unsaturated/α-hetero) is 1. The monoisotopic (exact) mass is 378 g/mol. The number of carbonyl (C=O) groups is 2. The van der Waals surface area contributed by atoms with Crippen molar-refractivity contribution in [1.82, 2.24) is 9.88 Å². The number of benzene rings is 1. The molecule has 1 amide bonds. The average Bonchev–Trinajstić information content (AvgIpc) is 3.59. The molecule has 2 aliphatic rings. The molecule has 1 saturated carbocycles. The Balaban J connectivity index is 1.23. The van der Waals surface area contributed by atoms with Crippen molar-refractivity contribution in [1.29, 1.82) is 0 Å². The number of nitrogens with zero attached hydrogens (tertiary/aromatic N) is 3. The van der Waals surface area contributed by atoms with Crippen LogP contribution in [0, 0.1) is 0 Å². The van der Waals surface area contributed by atoms with Gasteiger partial charge in [0.2, 0.25) is 5.91 Å². The van der Waals surface area contributed by atoms with Crippen LogP contribution in [0.15, 0.2) is 48.8 Å². The Morgan fingerprint density at radius 2 is 1.75 bits per heavy atom. The Morgan fingerprint density at radius 1 is 1.00 bits per heavy atom. The van der Waals surface area contributed by atoms with E-state index in [0.29, 0.717) is 5.56 Å². The quantitative estimate of drug-likeness (QED) is 0.751. The van der Waals surface area contributed by atoms with Gasteiger partial charge in [-0.05, 0) is 49.2 Å². The van der Waals surface area contributed by atoms with Gasteiger partial charge in [0, 0.05) is 74.4 Å². The van der Waals surface area contributed by atoms with Gasteiger partial charge in [0.05, 0.1) is 0 Å². The first-order valence-electron chi connectivity index (χ1n) is 10.0. The Morgan fingerprint density at radius 3 is 2.39 bits per heavy atom. The van der Waals surface area contributed by atoms with Crippen molar-refractivity contribution in [2.75, 3.05) is 36.4 Å². The maximum atomic E-state index is 12.1. The Bertz CT molecular complexity index is 810. The highest BCUT2D eigenvalue weighted by molar-refractivity contribution is 5.99. The molecule has 1 aliphatic carbocycles. The second-order valence-corrected chi connectivity index (χ2v) is 7.51. The summed E-state index contributed by atoms with van der Waals surface area (Å²) < 4.78 is 0. The van der Waals surface area contributed by atoms with Crippen LogP contribution in [0.5, 0.6) is 0 Å². The molecule has 1 N–H and O–H groups in total. The van der Waals surface area contributed by atoms with Gasteiger partial charge in [-0.3, -0.25) is 19.5 Å². The number of anilines is 2. The topological polar surface area (TPSA) is 65.5 Å². The molecule has 0 radical (unpaired) electrons. The fourth-order valence-corrected chi connectivity index (χ4v) is 3.66. The van der Waals surface area contributed by atoms with Crippen molar-refractivity contribution in [3.05, 3.63) is 54.4 Å². The minimum atomic E-state index is -0.150. The molecule has 2 aromatic rings. The second kappa shape index (κ2) is 8.52. The Labute approximate surface area is 165 Å². The molecule has 28 heavy (non-hydrogen) atoms. The van der Waals surface area contributed by atoms with Crippen molar-refractivity contribution in [3.63, 3.8) is 0 Å². The summed E-state index contributed by atoms with van der Waals surface area (Å²) in [5.74, 6) is -0.216. The number of hydrogen-bond donors (Lipinski definition) is 1. The molecule has 1 aromatic carbocycles. The summed E-state index contributed by atoms with van der Waals surface area (Å²) in [4.78, 5) is 33.1. The van der Waals surface area contributed by atoms with E-state index < -0.39 is 0 Å². The molecule has 4 rings (SSSR count). The van der Waals surface area contributed by atoms with Crippen molar-refractivity contribution >= 4 is 23.1 Å². The van der Waals surface area contributed by atoms with Gasteiger partial charge >= 0.3 is 0 Å². The number of hydrogen-bond acceptors (Lipinski definition) is 5. The molecule has 0 atom stereocenters. The van der Waals surface area contributed by atoms with Crippen molar-refractivity contribution in [2.45, 2.75) is 31.7 Å². The van der Waals surface area contributed by atoms with Crippen molar-refractivity contribution < 1.29 is 9.59 Å². The SMILES string of the molecule is O=C(CCC(=O)c1cccnc1)Nc1ccc(N2CCN(C3CC3)CC2)cc1. The summed E-state index contributed by atoms with van der Waals surface area (Å²) in [6.07, 6.45) is 6.23. The molecule has 2 heterocycles. The van der Waals surface area contributed by atoms with E-state index >= 15 is 0 Å². The highest BCUT2D eigenvalue weighted by atomic mass is 16.2. The first kappa shape index (κ1) is 18.6. The van der Waals surface area contributed by atoms with Crippen molar-refractivity contribution in [2.24, 2.45) is 0 Å². The lowest BCUT2D eigenvalue weighted by Gasteiger charge is -2.36. The van der Waals surface area contributed by atoms with Gasteiger partial charge in [-0.2, -0.15) is 0 Å². The summed E-state index contributed by atoms with van der Waals surface area (Å²) in [5.41, 5.74) is 2.50. The third-order valence-corrected chi connectivity index (χ3v) is 5.46. The standard InChI is InChI=1S/C22H26N4O2/c27-21(17-2-1-11-23-16-17)9-10-22(28)24-18-3-5-19(6-4-18)25-12-14-26(15-13-25)20-7-8-20/h1-6,11,16,20H,7-10,12-15H2,(H,24,28). The minimum Gasteiger partial charge on any atom is -0.369 e. The van der Waals surface area contributed by atoms with Gasteiger partial charge in [0.25, 0.3) is 0 Å². The number of amides is 1. The Hall–Kier alpha value is -2.73. The zero-order chi connectivity index (χ0) is 19.3. The molecular formula is C22H26N4O2. The fraction of sp³-hybridized carbons (Fsp3) is 0.409. The van der Waals surface area contributed by atoms with Gasteiger partial charge in [-0.25, -0.2) is 0 Å². The number of nitrogens with one attached hydrogen (secondary N) is 1. The van der Waals surface area contributed by atoms with Crippen LogP contribution in [0.25, 0.3) is 0 Å². The van der Waals surface area contributed by atoms with Crippen LogP contribution in [-0.4, -0.2) is 53.8 Å². The minimum absolute atomic E-state index is 0.0658. The van der Waals surface area contributed by atoms with Crippen LogP contribution in [-0.2, 0) is 4.79 Å². The molecule has 1 aromatic heterocycles. The smallest absolute Gasteiger partial charge is 0.224 e. The van der Waals surface area contributed by atoms with Crippen LogP contribution < -0.4 is 10.2 Å². The lowest BCUT2D eigenvalue weighted by atomic mass is 10.1. The van der Waals surface area contributed by atoms with E-state index in [-0.39, 0.29) is 24.5 Å². The normalized spacial score (nSPS) is 17.4. The zero-order valence-corrected chi connectivity index (χ0v) is 16.0. The van der Waals surface area contributed by atoms with E-state index in [1.165, 1.54) is 24.7 Å². The number of carbonyl (C=O) groups excluding carboxylic acids is 2.